The molecular weight excluding hydrogens is 342 g/mol. The van der Waals surface area contributed by atoms with Gasteiger partial charge in [0.25, 0.3) is 5.56 Å². The lowest BCUT2D eigenvalue weighted by atomic mass is 10.0. The van der Waals surface area contributed by atoms with Gasteiger partial charge < -0.3 is 19.9 Å². The van der Waals surface area contributed by atoms with E-state index in [4.69, 9.17) is 5.11 Å². The van der Waals surface area contributed by atoms with Gasteiger partial charge in [0, 0.05) is 31.9 Å². The average molecular weight is 367 g/mol. The number of nitrogens with one attached hydrogen (secondary N) is 1. The predicted octanol–water partition coefficient (Wildman–Crippen LogP) is 2.30. The molecule has 6 heteroatoms. The minimum atomic E-state index is -1.20. The molecule has 0 spiro atoms. The third-order valence-electron chi connectivity index (χ3n) is 5.92. The molecule has 6 nitrogen and oxygen atoms in total. The molecule has 27 heavy (non-hydrogen) atoms. The van der Waals surface area contributed by atoms with Crippen LogP contribution in [-0.2, 0) is 6.42 Å². The Morgan fingerprint density at radius 3 is 2.33 bits per heavy atom. The highest BCUT2D eigenvalue weighted by atomic mass is 16.4. The number of rotatable bonds is 4. The number of aryl methyl sites for hydroxylation is 1. The van der Waals surface area contributed by atoms with E-state index in [2.05, 4.69) is 34.0 Å². The molecule has 2 unspecified atom stereocenters. The van der Waals surface area contributed by atoms with Crippen molar-refractivity contribution in [1.82, 2.24) is 9.88 Å². The first-order valence-corrected chi connectivity index (χ1v) is 9.49. The van der Waals surface area contributed by atoms with Gasteiger partial charge in [0.15, 0.2) is 0 Å². The molecule has 2 aliphatic heterocycles. The van der Waals surface area contributed by atoms with Crippen LogP contribution in [0.3, 0.4) is 0 Å². The van der Waals surface area contributed by atoms with E-state index in [1.165, 1.54) is 24.8 Å². The number of pyridine rings is 1. The Hall–Kier alpha value is -2.60. The molecule has 0 radical (unpaired) electrons. The first-order valence-electron chi connectivity index (χ1n) is 9.49. The third kappa shape index (κ3) is 3.25. The maximum absolute atomic E-state index is 12.1. The molecule has 2 fully saturated rings. The smallest absolute Gasteiger partial charge is 0.341 e. The van der Waals surface area contributed by atoms with E-state index in [0.717, 1.165) is 36.1 Å². The number of anilines is 1. The van der Waals surface area contributed by atoms with Gasteiger partial charge in [-0.1, -0.05) is 19.1 Å². The Morgan fingerprint density at radius 1 is 1.15 bits per heavy atom. The van der Waals surface area contributed by atoms with Crippen molar-refractivity contribution in [3.05, 3.63) is 51.8 Å². The summed E-state index contributed by atoms with van der Waals surface area (Å²) in [6.45, 7) is 6.50. The lowest BCUT2D eigenvalue weighted by molar-refractivity contribution is 0.0695. The lowest BCUT2D eigenvalue weighted by Crippen LogP contribution is -2.26. The van der Waals surface area contributed by atoms with Crippen LogP contribution in [0.4, 0.5) is 5.69 Å². The van der Waals surface area contributed by atoms with Crippen molar-refractivity contribution in [3.63, 3.8) is 0 Å². The zero-order valence-electron chi connectivity index (χ0n) is 15.7. The summed E-state index contributed by atoms with van der Waals surface area (Å²) in [6.07, 6.45) is 0.650. The number of carbonyl (C=O) groups is 1. The number of aromatic carboxylic acids is 1. The van der Waals surface area contributed by atoms with Gasteiger partial charge in [-0.2, -0.15) is 0 Å². The fraction of sp³-hybridized carbons (Fsp3) is 0.429. The van der Waals surface area contributed by atoms with Gasteiger partial charge in [-0.15, -0.1) is 0 Å². The van der Waals surface area contributed by atoms with E-state index in [1.807, 2.05) is 19.1 Å². The number of fused-ring (bicyclic) bond motifs is 1. The Balaban J connectivity index is 1.59. The van der Waals surface area contributed by atoms with Crippen molar-refractivity contribution in [1.29, 1.82) is 0 Å². The molecular formula is C21H25N3O3. The van der Waals surface area contributed by atoms with Crippen LogP contribution in [-0.4, -0.2) is 54.2 Å². The van der Waals surface area contributed by atoms with Crippen LogP contribution in [0.1, 0.15) is 22.8 Å². The highest BCUT2D eigenvalue weighted by molar-refractivity contribution is 5.88. The number of likely N-dealkylation sites (tertiary alicyclic amines) is 1. The Bertz CT molecular complexity index is 905. The fourth-order valence-electron chi connectivity index (χ4n) is 4.55. The van der Waals surface area contributed by atoms with Crippen LogP contribution in [0.25, 0.3) is 11.3 Å². The quantitative estimate of drug-likeness (QED) is 0.867. The number of nitrogens with zero attached hydrogens (tertiary/aromatic N) is 2. The number of aromatic nitrogens is 1. The van der Waals surface area contributed by atoms with E-state index in [0.29, 0.717) is 12.1 Å². The number of hydrogen-bond donors (Lipinski definition) is 2. The van der Waals surface area contributed by atoms with Crippen molar-refractivity contribution >= 4 is 11.7 Å². The first kappa shape index (κ1) is 17.8. The average Bonchev–Trinajstić information content (AvgIpc) is 3.18. The largest absolute Gasteiger partial charge is 0.477 e. The standard InChI is InChI=1S/C21H25N3O3/c1-3-13-8-18(21(26)27)20(25)22-19(13)14-4-6-17(7-5-14)24-11-15-9-23(2)10-16(15)12-24/h4-8,15-16H,3,9-12H2,1-2H3,(H,22,25)(H,26,27). The molecule has 142 valence electrons. The number of aromatic amines is 1. The minimum Gasteiger partial charge on any atom is -0.477 e. The minimum absolute atomic E-state index is 0.208. The maximum Gasteiger partial charge on any atom is 0.341 e. The maximum atomic E-state index is 12.1. The summed E-state index contributed by atoms with van der Waals surface area (Å²) in [4.78, 5) is 30.9. The second-order valence-electron chi connectivity index (χ2n) is 7.76. The molecule has 1 aromatic carbocycles. The SMILES string of the molecule is CCc1cc(C(=O)O)c(=O)[nH]c1-c1ccc(N2CC3CN(C)CC3C2)cc1. The van der Waals surface area contributed by atoms with Crippen molar-refractivity contribution in [3.8, 4) is 11.3 Å². The molecule has 2 aliphatic rings. The second-order valence-corrected chi connectivity index (χ2v) is 7.76. The topological polar surface area (TPSA) is 76.6 Å². The number of hydrogen-bond acceptors (Lipinski definition) is 4. The van der Waals surface area contributed by atoms with Gasteiger partial charge in [-0.25, -0.2) is 4.79 Å². The molecule has 3 heterocycles. The van der Waals surface area contributed by atoms with Gasteiger partial charge in [0.2, 0.25) is 0 Å². The van der Waals surface area contributed by atoms with Gasteiger partial charge in [0.05, 0.1) is 5.69 Å². The summed E-state index contributed by atoms with van der Waals surface area (Å²) < 4.78 is 0. The molecule has 2 atom stereocenters. The first-order chi connectivity index (χ1) is 13.0. The zero-order chi connectivity index (χ0) is 19.1. The summed E-state index contributed by atoms with van der Waals surface area (Å²) in [6, 6.07) is 9.72. The van der Waals surface area contributed by atoms with Crippen molar-refractivity contribution in [2.24, 2.45) is 11.8 Å². The van der Waals surface area contributed by atoms with Crippen LogP contribution in [0.15, 0.2) is 35.1 Å². The molecule has 2 N–H and O–H groups in total. The van der Waals surface area contributed by atoms with Crippen molar-refractivity contribution in [2.75, 3.05) is 38.1 Å². The van der Waals surface area contributed by atoms with Crippen LogP contribution in [0.5, 0.6) is 0 Å². The van der Waals surface area contributed by atoms with E-state index >= 15 is 0 Å². The monoisotopic (exact) mass is 367 g/mol. The summed E-state index contributed by atoms with van der Waals surface area (Å²) in [7, 11) is 2.19. The van der Waals surface area contributed by atoms with Crippen molar-refractivity contribution < 1.29 is 9.90 Å². The molecule has 1 aromatic heterocycles. The van der Waals surface area contributed by atoms with E-state index < -0.39 is 11.5 Å². The summed E-state index contributed by atoms with van der Waals surface area (Å²) in [5.74, 6) is 0.306. The predicted molar refractivity (Wildman–Crippen MR) is 106 cm³/mol. The molecule has 0 bridgehead atoms. The number of carboxylic acid groups (broad SMARTS) is 1. The number of H-pyrrole nitrogens is 1. The van der Waals surface area contributed by atoms with Crippen molar-refractivity contribution in [2.45, 2.75) is 13.3 Å². The van der Waals surface area contributed by atoms with Crippen LogP contribution >= 0.6 is 0 Å². The van der Waals surface area contributed by atoms with Gasteiger partial charge in [-0.3, -0.25) is 4.79 Å². The molecule has 2 saturated heterocycles. The Labute approximate surface area is 158 Å². The van der Waals surface area contributed by atoms with E-state index in [1.54, 1.807) is 0 Å². The molecule has 4 rings (SSSR count). The number of carboxylic acids is 1. The van der Waals surface area contributed by atoms with E-state index in [-0.39, 0.29) is 5.56 Å². The molecule has 0 amide bonds. The normalized spacial score (nSPS) is 22.2. The summed E-state index contributed by atoms with van der Waals surface area (Å²) in [5, 5.41) is 9.16. The van der Waals surface area contributed by atoms with Gasteiger partial charge in [-0.05, 0) is 54.6 Å². The Kier molecular flexibility index (Phi) is 4.52. The Morgan fingerprint density at radius 2 is 1.78 bits per heavy atom. The highest BCUT2D eigenvalue weighted by Gasteiger charge is 2.38. The number of benzene rings is 1. The summed E-state index contributed by atoms with van der Waals surface area (Å²) >= 11 is 0. The third-order valence-corrected chi connectivity index (χ3v) is 5.92. The highest BCUT2D eigenvalue weighted by Crippen LogP contribution is 2.34. The summed E-state index contributed by atoms with van der Waals surface area (Å²) in [5.41, 5.74) is 2.88. The van der Waals surface area contributed by atoms with Crippen LogP contribution in [0.2, 0.25) is 0 Å². The molecule has 0 aliphatic carbocycles. The fourth-order valence-corrected chi connectivity index (χ4v) is 4.55. The molecule has 0 saturated carbocycles. The zero-order valence-corrected chi connectivity index (χ0v) is 15.7. The van der Waals surface area contributed by atoms with Gasteiger partial charge >= 0.3 is 5.97 Å². The lowest BCUT2D eigenvalue weighted by Gasteiger charge is -2.21. The van der Waals surface area contributed by atoms with Gasteiger partial charge in [0.1, 0.15) is 5.56 Å². The second kappa shape index (κ2) is 6.85. The van der Waals surface area contributed by atoms with Crippen LogP contribution < -0.4 is 10.5 Å². The molecule has 2 aromatic rings. The van der Waals surface area contributed by atoms with Crippen LogP contribution in [0, 0.1) is 11.8 Å². The van der Waals surface area contributed by atoms with E-state index in [9.17, 15) is 9.59 Å².